The van der Waals surface area contributed by atoms with Crippen LogP contribution in [0.3, 0.4) is 0 Å². The number of ether oxygens (including phenoxy) is 2. The number of likely N-dealkylation sites (N-methyl/N-ethyl adjacent to an activating group) is 1. The van der Waals surface area contributed by atoms with Crippen LogP contribution < -0.4 is 0 Å². The van der Waals surface area contributed by atoms with E-state index >= 15 is 0 Å². The molecule has 0 saturated heterocycles. The summed E-state index contributed by atoms with van der Waals surface area (Å²) in [5, 5.41) is 0. The number of hydrogen-bond donors (Lipinski definition) is 1. The molecule has 0 heterocycles. The lowest BCUT2D eigenvalue weighted by Gasteiger charge is -2.24. The van der Waals surface area contributed by atoms with Crippen LogP contribution in [0.25, 0.3) is 0 Å². The van der Waals surface area contributed by atoms with E-state index in [4.69, 9.17) is 18.5 Å². The third kappa shape index (κ3) is 35.5. The van der Waals surface area contributed by atoms with Gasteiger partial charge in [0.25, 0.3) is 0 Å². The Labute approximate surface area is 294 Å². The predicted octanol–water partition coefficient (Wildman–Crippen LogP) is 10.2. The minimum atomic E-state index is -4.29. The van der Waals surface area contributed by atoms with Crippen LogP contribution in [-0.4, -0.2) is 75.6 Å². The zero-order valence-electron chi connectivity index (χ0n) is 31.2. The van der Waals surface area contributed by atoms with Crippen molar-refractivity contribution in [3.63, 3.8) is 0 Å². The molecule has 0 aliphatic carbocycles. The first-order valence-corrected chi connectivity index (χ1v) is 20.0. The Morgan fingerprint density at radius 2 is 1.21 bits per heavy atom. The van der Waals surface area contributed by atoms with Gasteiger partial charge in [0.05, 0.1) is 34.4 Å². The highest BCUT2D eigenvalue weighted by Crippen LogP contribution is 2.43. The minimum Gasteiger partial charge on any atom is -0.457 e. The van der Waals surface area contributed by atoms with Gasteiger partial charge in [0.2, 0.25) is 0 Å². The first-order chi connectivity index (χ1) is 23.1. The number of phosphoric ester groups is 1. The number of nitrogens with zero attached hydrogens (tertiary/aromatic N) is 1. The van der Waals surface area contributed by atoms with Gasteiger partial charge in [-0.05, 0) is 64.2 Å². The number of phosphoric acid groups is 1. The van der Waals surface area contributed by atoms with Crippen molar-refractivity contribution < 1.29 is 37.3 Å². The molecule has 0 saturated carbocycles. The van der Waals surface area contributed by atoms with Crippen molar-refractivity contribution in [2.75, 3.05) is 54.1 Å². The van der Waals surface area contributed by atoms with Crippen LogP contribution in [0, 0.1) is 0 Å². The van der Waals surface area contributed by atoms with Crippen LogP contribution in [0.5, 0.6) is 0 Å². The lowest BCUT2D eigenvalue weighted by molar-refractivity contribution is -0.870. The molecule has 0 amide bonds. The van der Waals surface area contributed by atoms with Gasteiger partial charge in [0.15, 0.2) is 0 Å². The van der Waals surface area contributed by atoms with Gasteiger partial charge >= 0.3 is 13.8 Å². The van der Waals surface area contributed by atoms with Crippen molar-refractivity contribution in [1.29, 1.82) is 0 Å². The highest BCUT2D eigenvalue weighted by Gasteiger charge is 2.26. The van der Waals surface area contributed by atoms with Gasteiger partial charge in [0.1, 0.15) is 19.3 Å². The molecule has 48 heavy (non-hydrogen) atoms. The summed E-state index contributed by atoms with van der Waals surface area (Å²) in [5.41, 5.74) is 0. The van der Waals surface area contributed by atoms with Gasteiger partial charge in [-0.15, -0.1) is 0 Å². The second kappa shape index (κ2) is 32.4. The number of hydrogen-bond acceptors (Lipinski definition) is 6. The maximum absolute atomic E-state index is 12.6. The first kappa shape index (κ1) is 46.2. The van der Waals surface area contributed by atoms with E-state index in [-0.39, 0.29) is 26.2 Å². The minimum absolute atomic E-state index is 0.0723. The highest BCUT2D eigenvalue weighted by molar-refractivity contribution is 7.47. The fourth-order valence-electron chi connectivity index (χ4n) is 4.44. The highest BCUT2D eigenvalue weighted by atomic mass is 31.2. The average molecular weight is 697 g/mol. The lowest BCUT2D eigenvalue weighted by atomic mass is 10.1. The Kier molecular flexibility index (Phi) is 31.2. The third-order valence-electron chi connectivity index (χ3n) is 7.33. The van der Waals surface area contributed by atoms with Gasteiger partial charge < -0.3 is 18.9 Å². The zero-order valence-corrected chi connectivity index (χ0v) is 32.1. The molecule has 0 aliphatic rings. The molecule has 2 unspecified atom stereocenters. The van der Waals surface area contributed by atoms with Gasteiger partial charge in [-0.3, -0.25) is 13.8 Å². The summed E-state index contributed by atoms with van der Waals surface area (Å²) in [6.07, 6.45) is 38.4. The summed E-state index contributed by atoms with van der Waals surface area (Å²) in [5.74, 6) is -0.399. The van der Waals surface area contributed by atoms with E-state index in [2.05, 4.69) is 62.5 Å². The van der Waals surface area contributed by atoms with E-state index in [0.29, 0.717) is 24.1 Å². The molecule has 0 radical (unpaired) electrons. The van der Waals surface area contributed by atoms with Crippen LogP contribution in [0.1, 0.15) is 123 Å². The standard InChI is InChI=1S/C39H70NO7P/c1-6-8-10-12-14-16-18-20-22-24-26-28-30-32-39(41)47-38(37-46-48(42,43)45-35-33-40(3,4)5)36-44-34-31-29-27-25-23-21-19-17-15-13-11-9-7-2/h8,10,14-17,20,22,26,28,38H,6-7,9,11-13,18-19,21,23-25,27,29-37H2,1-5H3/p+1/b10-8-,16-14-,17-15-,22-20-,28-26-. The number of rotatable bonds is 33. The topological polar surface area (TPSA) is 91.3 Å². The molecule has 0 aromatic heterocycles. The number of esters is 1. The maximum Gasteiger partial charge on any atom is 0.472 e. The molecule has 0 bridgehead atoms. The van der Waals surface area contributed by atoms with Crippen LogP contribution in [0.2, 0.25) is 0 Å². The fraction of sp³-hybridized carbons (Fsp3) is 0.718. The van der Waals surface area contributed by atoms with Gasteiger partial charge in [0, 0.05) is 13.0 Å². The monoisotopic (exact) mass is 696 g/mol. The van der Waals surface area contributed by atoms with E-state index < -0.39 is 19.9 Å². The van der Waals surface area contributed by atoms with Crippen LogP contribution >= 0.6 is 7.82 Å². The Balaban J connectivity index is 4.46. The van der Waals surface area contributed by atoms with E-state index in [1.54, 1.807) is 0 Å². The smallest absolute Gasteiger partial charge is 0.457 e. The van der Waals surface area contributed by atoms with Crippen molar-refractivity contribution in [3.05, 3.63) is 60.8 Å². The molecule has 9 heteroatoms. The van der Waals surface area contributed by atoms with Gasteiger partial charge in [-0.2, -0.15) is 0 Å². The largest absolute Gasteiger partial charge is 0.472 e. The molecule has 1 N–H and O–H groups in total. The van der Waals surface area contributed by atoms with E-state index in [1.807, 2.05) is 33.3 Å². The predicted molar refractivity (Wildman–Crippen MR) is 201 cm³/mol. The average Bonchev–Trinajstić information content (AvgIpc) is 3.03. The maximum atomic E-state index is 12.6. The molecule has 8 nitrogen and oxygen atoms in total. The molecule has 0 rings (SSSR count). The summed E-state index contributed by atoms with van der Waals surface area (Å²) >= 11 is 0. The molecular weight excluding hydrogens is 625 g/mol. The summed E-state index contributed by atoms with van der Waals surface area (Å²) in [6.45, 7) is 5.34. The Hall–Kier alpha value is -1.80. The normalized spacial score (nSPS) is 14.7. The summed E-state index contributed by atoms with van der Waals surface area (Å²) in [7, 11) is 1.61. The van der Waals surface area contributed by atoms with Crippen molar-refractivity contribution in [1.82, 2.24) is 0 Å². The van der Waals surface area contributed by atoms with E-state index in [9.17, 15) is 14.3 Å². The lowest BCUT2D eigenvalue weighted by Crippen LogP contribution is -2.37. The summed E-state index contributed by atoms with van der Waals surface area (Å²) in [6, 6.07) is 0. The Bertz CT molecular complexity index is 952. The number of unbranched alkanes of at least 4 members (excludes halogenated alkanes) is 9. The number of allylic oxidation sites excluding steroid dienone is 10. The van der Waals surface area contributed by atoms with E-state index in [0.717, 1.165) is 38.5 Å². The first-order valence-electron chi connectivity index (χ1n) is 18.5. The number of quaternary nitrogens is 1. The van der Waals surface area contributed by atoms with Crippen molar-refractivity contribution in [2.45, 2.75) is 129 Å². The molecule has 0 fully saturated rings. The fourth-order valence-corrected chi connectivity index (χ4v) is 5.18. The van der Waals surface area contributed by atoms with Crippen LogP contribution in [-0.2, 0) is 27.9 Å². The quantitative estimate of drug-likeness (QED) is 0.0240. The van der Waals surface area contributed by atoms with Crippen LogP contribution in [0.15, 0.2) is 60.8 Å². The van der Waals surface area contributed by atoms with Crippen LogP contribution in [0.4, 0.5) is 0 Å². The molecular formula is C39H71NO7P+. The third-order valence-corrected chi connectivity index (χ3v) is 8.31. The molecule has 0 aliphatic heterocycles. The molecule has 0 spiro atoms. The van der Waals surface area contributed by atoms with Gasteiger partial charge in [-0.25, -0.2) is 4.57 Å². The van der Waals surface area contributed by atoms with Crippen molar-refractivity contribution >= 4 is 13.8 Å². The Morgan fingerprint density at radius 1 is 0.667 bits per heavy atom. The summed E-state index contributed by atoms with van der Waals surface area (Å²) < 4.78 is 34.7. The summed E-state index contributed by atoms with van der Waals surface area (Å²) in [4.78, 5) is 22.7. The Morgan fingerprint density at radius 3 is 1.81 bits per heavy atom. The molecule has 0 aromatic carbocycles. The van der Waals surface area contributed by atoms with Gasteiger partial charge in [-0.1, -0.05) is 113 Å². The zero-order chi connectivity index (χ0) is 35.6. The number of carbonyl (C=O) groups is 1. The molecule has 278 valence electrons. The second-order valence-electron chi connectivity index (χ2n) is 13.2. The number of carbonyl (C=O) groups excluding carboxylic acids is 1. The SMILES string of the molecule is CC/C=C\C/C=C\C/C=C\C/C=C\CCC(=O)OC(COCCCCCCCC/C=C\CCCCC)COP(=O)(O)OCC[N+](C)(C)C. The second-order valence-corrected chi connectivity index (χ2v) is 14.7. The van der Waals surface area contributed by atoms with Crippen molar-refractivity contribution in [2.24, 2.45) is 0 Å². The van der Waals surface area contributed by atoms with E-state index in [1.165, 1.54) is 57.8 Å². The van der Waals surface area contributed by atoms with Crippen molar-refractivity contribution in [3.8, 4) is 0 Å². The molecule has 2 atom stereocenters. The molecule has 0 aromatic rings.